The topological polar surface area (TPSA) is 64.7 Å². The van der Waals surface area contributed by atoms with E-state index in [1.54, 1.807) is 24.0 Å². The third kappa shape index (κ3) is 3.91. The van der Waals surface area contributed by atoms with E-state index in [2.05, 4.69) is 15.5 Å². The van der Waals surface area contributed by atoms with E-state index >= 15 is 0 Å². The first-order valence-corrected chi connectivity index (χ1v) is 8.36. The Morgan fingerprint density at radius 1 is 1.28 bits per heavy atom. The molecule has 1 aromatic carbocycles. The molecule has 0 fully saturated rings. The van der Waals surface area contributed by atoms with Gasteiger partial charge in [-0.15, -0.1) is 0 Å². The van der Waals surface area contributed by atoms with Crippen LogP contribution in [0.25, 0.3) is 0 Å². The van der Waals surface area contributed by atoms with E-state index in [4.69, 9.17) is 11.6 Å². The number of hydrogen-bond acceptors (Lipinski definition) is 3. The number of hydrogen-bond donors (Lipinski definition) is 1. The van der Waals surface area contributed by atoms with Gasteiger partial charge < -0.3 is 5.32 Å². The Hall–Kier alpha value is -2.60. The molecule has 1 amide bonds. The Kier molecular flexibility index (Phi) is 4.90. The minimum Gasteiger partial charge on any atom is -0.346 e. The van der Waals surface area contributed by atoms with Gasteiger partial charge in [-0.1, -0.05) is 23.7 Å². The lowest BCUT2D eigenvalue weighted by atomic mass is 10.1. The van der Waals surface area contributed by atoms with Crippen LogP contribution in [-0.4, -0.2) is 25.5 Å². The van der Waals surface area contributed by atoms with E-state index in [0.29, 0.717) is 23.7 Å². The number of aryl methyl sites for hydroxylation is 3. The van der Waals surface area contributed by atoms with Crippen LogP contribution in [0.2, 0.25) is 5.02 Å². The van der Waals surface area contributed by atoms with Gasteiger partial charge in [0.05, 0.1) is 35.7 Å². The maximum Gasteiger partial charge on any atom is 0.251 e. The van der Waals surface area contributed by atoms with Crippen LogP contribution in [-0.2, 0) is 20.1 Å². The summed E-state index contributed by atoms with van der Waals surface area (Å²) in [6, 6.07) is 9.59. The van der Waals surface area contributed by atoms with Gasteiger partial charge in [0.2, 0.25) is 0 Å². The number of aromatic nitrogens is 4. The van der Waals surface area contributed by atoms with E-state index in [-0.39, 0.29) is 5.91 Å². The first kappa shape index (κ1) is 17.2. The zero-order valence-electron chi connectivity index (χ0n) is 14.5. The zero-order valence-corrected chi connectivity index (χ0v) is 15.2. The third-order valence-corrected chi connectivity index (χ3v) is 4.37. The number of amides is 1. The van der Waals surface area contributed by atoms with Crippen LogP contribution in [0.15, 0.2) is 36.5 Å². The summed E-state index contributed by atoms with van der Waals surface area (Å²) in [5.74, 6) is -0.146. The van der Waals surface area contributed by atoms with Gasteiger partial charge >= 0.3 is 0 Å². The second-order valence-electron chi connectivity index (χ2n) is 6.03. The van der Waals surface area contributed by atoms with E-state index in [0.717, 1.165) is 22.6 Å². The van der Waals surface area contributed by atoms with Crippen molar-refractivity contribution in [1.82, 2.24) is 24.9 Å². The van der Waals surface area contributed by atoms with Crippen LogP contribution in [0.3, 0.4) is 0 Å². The summed E-state index contributed by atoms with van der Waals surface area (Å²) in [6.45, 7) is 4.95. The molecule has 0 atom stereocenters. The number of carbonyl (C=O) groups is 1. The molecule has 7 heteroatoms. The van der Waals surface area contributed by atoms with Crippen LogP contribution in [0.4, 0.5) is 0 Å². The van der Waals surface area contributed by atoms with Gasteiger partial charge in [0.25, 0.3) is 5.91 Å². The fourth-order valence-electron chi connectivity index (χ4n) is 2.72. The van der Waals surface area contributed by atoms with Gasteiger partial charge in [0, 0.05) is 18.3 Å². The highest BCUT2D eigenvalue weighted by molar-refractivity contribution is 6.31. The van der Waals surface area contributed by atoms with Gasteiger partial charge in [-0.3, -0.25) is 14.2 Å². The van der Waals surface area contributed by atoms with Crippen molar-refractivity contribution in [3.8, 4) is 0 Å². The van der Waals surface area contributed by atoms with Gasteiger partial charge in [-0.05, 0) is 37.6 Å². The molecule has 0 saturated heterocycles. The number of nitrogens with zero attached hydrogens (tertiary/aromatic N) is 4. The molecule has 0 unspecified atom stereocenters. The van der Waals surface area contributed by atoms with Gasteiger partial charge in [-0.25, -0.2) is 0 Å². The maximum atomic E-state index is 12.4. The smallest absolute Gasteiger partial charge is 0.251 e. The highest BCUT2D eigenvalue weighted by Crippen LogP contribution is 2.14. The maximum absolute atomic E-state index is 12.4. The number of halogens is 1. The number of benzene rings is 1. The van der Waals surface area contributed by atoms with E-state index < -0.39 is 0 Å². The molecule has 0 spiro atoms. The van der Waals surface area contributed by atoms with Crippen LogP contribution in [0.1, 0.15) is 33.0 Å². The van der Waals surface area contributed by atoms with Gasteiger partial charge in [0.1, 0.15) is 0 Å². The fourth-order valence-corrected chi connectivity index (χ4v) is 2.95. The quantitative estimate of drug-likeness (QED) is 0.763. The first-order valence-electron chi connectivity index (χ1n) is 7.98. The summed E-state index contributed by atoms with van der Waals surface area (Å²) in [4.78, 5) is 12.4. The molecule has 0 aliphatic heterocycles. The summed E-state index contributed by atoms with van der Waals surface area (Å²) in [6.07, 6.45) is 1.57. The molecule has 0 aliphatic carbocycles. The summed E-state index contributed by atoms with van der Waals surface area (Å²) >= 11 is 6.06. The lowest BCUT2D eigenvalue weighted by molar-refractivity contribution is 0.0950. The fraction of sp³-hybridized carbons (Fsp3) is 0.278. The molecular formula is C18H20ClN5O. The normalized spacial score (nSPS) is 10.9. The SMILES string of the molecule is Cc1cc(C)n(Cc2cccc(C(=O)NCc3c(Cl)cnn3C)c2)n1. The van der Waals surface area contributed by atoms with Gasteiger partial charge in [-0.2, -0.15) is 10.2 Å². The predicted octanol–water partition coefficient (Wildman–Crippen LogP) is 2.87. The number of rotatable bonds is 5. The van der Waals surface area contributed by atoms with Crippen molar-refractivity contribution >= 4 is 17.5 Å². The molecule has 1 N–H and O–H groups in total. The molecule has 2 aromatic heterocycles. The average Bonchev–Trinajstić information content (AvgIpc) is 3.07. The molecule has 2 heterocycles. The third-order valence-electron chi connectivity index (χ3n) is 4.05. The van der Waals surface area contributed by atoms with Crippen LogP contribution >= 0.6 is 11.6 Å². The molecule has 0 saturated carbocycles. The standard InChI is InChI=1S/C18H20ClN5O/c1-12-7-13(2)24(22-12)11-14-5-4-6-15(8-14)18(25)20-10-17-16(19)9-21-23(17)3/h4-9H,10-11H2,1-3H3,(H,20,25). The molecular weight excluding hydrogens is 338 g/mol. The van der Waals surface area contributed by atoms with Crippen molar-refractivity contribution in [3.63, 3.8) is 0 Å². The second kappa shape index (κ2) is 7.11. The van der Waals surface area contributed by atoms with Crippen molar-refractivity contribution in [2.45, 2.75) is 26.9 Å². The molecule has 25 heavy (non-hydrogen) atoms. The van der Waals surface area contributed by atoms with Crippen molar-refractivity contribution in [2.75, 3.05) is 0 Å². The van der Waals surface area contributed by atoms with Crippen molar-refractivity contribution in [2.24, 2.45) is 7.05 Å². The first-order chi connectivity index (χ1) is 11.9. The average molecular weight is 358 g/mol. The summed E-state index contributed by atoms with van der Waals surface area (Å²) in [5, 5.41) is 11.9. The van der Waals surface area contributed by atoms with E-state index in [1.165, 1.54) is 0 Å². The van der Waals surface area contributed by atoms with Crippen LogP contribution < -0.4 is 5.32 Å². The molecule has 3 rings (SSSR count). The van der Waals surface area contributed by atoms with Crippen molar-refractivity contribution in [1.29, 1.82) is 0 Å². The highest BCUT2D eigenvalue weighted by atomic mass is 35.5. The summed E-state index contributed by atoms with van der Waals surface area (Å²) in [7, 11) is 1.79. The largest absolute Gasteiger partial charge is 0.346 e. The Balaban J connectivity index is 1.70. The summed E-state index contributed by atoms with van der Waals surface area (Å²) < 4.78 is 3.59. The number of carbonyl (C=O) groups excluding carboxylic acids is 1. The predicted molar refractivity (Wildman–Crippen MR) is 96.6 cm³/mol. The lowest BCUT2D eigenvalue weighted by Crippen LogP contribution is -2.24. The van der Waals surface area contributed by atoms with E-state index in [9.17, 15) is 4.79 Å². The summed E-state index contributed by atoms with van der Waals surface area (Å²) in [5.41, 5.74) is 4.49. The Morgan fingerprint density at radius 3 is 2.72 bits per heavy atom. The monoisotopic (exact) mass is 357 g/mol. The number of nitrogens with one attached hydrogen (secondary N) is 1. The van der Waals surface area contributed by atoms with Crippen molar-refractivity contribution < 1.29 is 4.79 Å². The molecule has 3 aromatic rings. The van der Waals surface area contributed by atoms with Crippen LogP contribution in [0.5, 0.6) is 0 Å². The minimum absolute atomic E-state index is 0.146. The van der Waals surface area contributed by atoms with Crippen LogP contribution in [0, 0.1) is 13.8 Å². The van der Waals surface area contributed by atoms with Gasteiger partial charge in [0.15, 0.2) is 0 Å². The molecule has 6 nitrogen and oxygen atoms in total. The Labute approximate surface area is 151 Å². The molecule has 0 radical (unpaired) electrons. The molecule has 0 bridgehead atoms. The highest BCUT2D eigenvalue weighted by Gasteiger charge is 2.11. The molecule has 130 valence electrons. The lowest BCUT2D eigenvalue weighted by Gasteiger charge is -2.09. The van der Waals surface area contributed by atoms with Crippen molar-refractivity contribution in [3.05, 3.63) is 69.8 Å². The van der Waals surface area contributed by atoms with E-state index in [1.807, 2.05) is 42.8 Å². The Morgan fingerprint density at radius 2 is 2.08 bits per heavy atom. The molecule has 0 aliphatic rings. The Bertz CT molecular complexity index is 893. The second-order valence-corrected chi connectivity index (χ2v) is 6.44. The minimum atomic E-state index is -0.146. The zero-order chi connectivity index (χ0) is 18.0.